The summed E-state index contributed by atoms with van der Waals surface area (Å²) in [6, 6.07) is 5.72. The third-order valence-electron chi connectivity index (χ3n) is 4.67. The average Bonchev–Trinajstić information content (AvgIpc) is 2.87. The van der Waals surface area contributed by atoms with E-state index in [-0.39, 0.29) is 11.9 Å². The first-order valence-electron chi connectivity index (χ1n) is 8.16. The number of likely N-dealkylation sites (tertiary alicyclic amines) is 1. The van der Waals surface area contributed by atoms with Crippen LogP contribution in [0.1, 0.15) is 30.4 Å². The number of alkyl halides is 3. The normalized spacial score (nSPS) is 21.9. The molecule has 0 aliphatic carbocycles. The van der Waals surface area contributed by atoms with Crippen molar-refractivity contribution in [2.75, 3.05) is 20.1 Å². The minimum atomic E-state index is -4.34. The molecule has 2 rings (SSSR count). The largest absolute Gasteiger partial charge is 0.416 e. The van der Waals surface area contributed by atoms with Gasteiger partial charge in [-0.1, -0.05) is 18.2 Å². The Kier molecular flexibility index (Phi) is 6.23. The Bertz CT molecular complexity index is 562. The number of nitrogens with zero attached hydrogens (tertiary/aromatic N) is 1. The smallest absolute Gasteiger partial charge is 0.356 e. The molecule has 24 heavy (non-hydrogen) atoms. The van der Waals surface area contributed by atoms with Crippen molar-refractivity contribution in [1.82, 2.24) is 10.2 Å². The summed E-state index contributed by atoms with van der Waals surface area (Å²) < 4.78 is 38.0. The van der Waals surface area contributed by atoms with Gasteiger partial charge in [-0.05, 0) is 37.9 Å². The number of hydrogen-bond donors (Lipinski definition) is 2. The average molecular weight is 343 g/mol. The lowest BCUT2D eigenvalue weighted by molar-refractivity contribution is -0.137. The molecule has 1 aliphatic heterocycles. The van der Waals surface area contributed by atoms with E-state index in [2.05, 4.69) is 10.2 Å². The van der Waals surface area contributed by atoms with Gasteiger partial charge in [0.1, 0.15) is 0 Å². The maximum Gasteiger partial charge on any atom is 0.416 e. The number of halogens is 3. The Balaban J connectivity index is 1.77. The number of rotatable bonds is 6. The number of carbonyl (C=O) groups excluding carboxylic acids is 1. The second-order valence-electron chi connectivity index (χ2n) is 6.29. The third kappa shape index (κ3) is 4.95. The van der Waals surface area contributed by atoms with Crippen molar-refractivity contribution < 1.29 is 18.0 Å². The Labute approximate surface area is 140 Å². The topological polar surface area (TPSA) is 58.4 Å². The van der Waals surface area contributed by atoms with Crippen LogP contribution in [0.5, 0.6) is 0 Å². The lowest BCUT2D eigenvalue weighted by Crippen LogP contribution is -2.39. The van der Waals surface area contributed by atoms with E-state index in [1.165, 1.54) is 6.07 Å². The van der Waals surface area contributed by atoms with Crippen molar-refractivity contribution in [3.05, 3.63) is 35.4 Å². The molecule has 1 aliphatic rings. The summed E-state index contributed by atoms with van der Waals surface area (Å²) in [4.78, 5) is 14.2. The van der Waals surface area contributed by atoms with E-state index in [1.807, 2.05) is 7.05 Å². The van der Waals surface area contributed by atoms with Crippen molar-refractivity contribution in [3.63, 3.8) is 0 Å². The van der Waals surface area contributed by atoms with Gasteiger partial charge in [0.05, 0.1) is 5.56 Å². The number of nitrogens with one attached hydrogen (secondary N) is 1. The Hall–Kier alpha value is -1.60. The van der Waals surface area contributed by atoms with Crippen LogP contribution in [0, 0.1) is 0 Å². The number of carbonyl (C=O) groups is 1. The van der Waals surface area contributed by atoms with E-state index in [9.17, 15) is 18.0 Å². The van der Waals surface area contributed by atoms with Crippen LogP contribution < -0.4 is 11.1 Å². The molecule has 3 N–H and O–H groups in total. The van der Waals surface area contributed by atoms with E-state index in [0.29, 0.717) is 37.5 Å². The van der Waals surface area contributed by atoms with Crippen molar-refractivity contribution in [3.8, 4) is 0 Å². The summed E-state index contributed by atoms with van der Waals surface area (Å²) in [5.41, 5.74) is 5.58. The number of likely N-dealkylation sites (N-methyl/N-ethyl adjacent to an activating group) is 1. The molecule has 0 spiro atoms. The molecular formula is C17H24F3N3O. The van der Waals surface area contributed by atoms with E-state index in [0.717, 1.165) is 25.0 Å². The highest BCUT2D eigenvalue weighted by Gasteiger charge is 2.31. The Morgan fingerprint density at radius 1 is 1.33 bits per heavy atom. The second-order valence-corrected chi connectivity index (χ2v) is 6.29. The highest BCUT2D eigenvalue weighted by Crippen LogP contribution is 2.29. The summed E-state index contributed by atoms with van der Waals surface area (Å²) in [6.45, 7) is 0.918. The molecule has 7 heteroatoms. The van der Waals surface area contributed by atoms with E-state index < -0.39 is 11.7 Å². The van der Waals surface area contributed by atoms with Gasteiger partial charge in [-0.2, -0.15) is 13.2 Å². The van der Waals surface area contributed by atoms with Crippen molar-refractivity contribution in [2.45, 2.75) is 43.9 Å². The van der Waals surface area contributed by atoms with Gasteiger partial charge in [-0.25, -0.2) is 0 Å². The van der Waals surface area contributed by atoms with Crippen LogP contribution in [-0.2, 0) is 17.4 Å². The Morgan fingerprint density at radius 2 is 2.04 bits per heavy atom. The van der Waals surface area contributed by atoms with Gasteiger partial charge < -0.3 is 11.1 Å². The van der Waals surface area contributed by atoms with Crippen molar-refractivity contribution in [1.29, 1.82) is 0 Å². The molecule has 0 radical (unpaired) electrons. The molecule has 1 aromatic carbocycles. The SMILES string of the molecule is CN1[C@@H](CN)CC[C@H]1CC(=O)NCCc1cccc(C(F)(F)F)c1. The fourth-order valence-corrected chi connectivity index (χ4v) is 3.16. The van der Waals surface area contributed by atoms with Crippen LogP contribution in [-0.4, -0.2) is 43.0 Å². The maximum atomic E-state index is 12.7. The molecule has 2 atom stereocenters. The van der Waals surface area contributed by atoms with Crippen LogP contribution in [0.25, 0.3) is 0 Å². The minimum absolute atomic E-state index is 0.0727. The monoisotopic (exact) mass is 343 g/mol. The number of hydrogen-bond acceptors (Lipinski definition) is 3. The fourth-order valence-electron chi connectivity index (χ4n) is 3.16. The molecule has 0 aromatic heterocycles. The van der Waals surface area contributed by atoms with Crippen molar-refractivity contribution >= 4 is 5.91 Å². The highest BCUT2D eigenvalue weighted by molar-refractivity contribution is 5.76. The zero-order valence-corrected chi connectivity index (χ0v) is 13.8. The maximum absolute atomic E-state index is 12.7. The zero-order chi connectivity index (χ0) is 17.7. The molecule has 0 bridgehead atoms. The highest BCUT2D eigenvalue weighted by atomic mass is 19.4. The molecule has 0 saturated carbocycles. The molecule has 1 saturated heterocycles. The molecule has 1 heterocycles. The van der Waals surface area contributed by atoms with E-state index >= 15 is 0 Å². The van der Waals surface area contributed by atoms with Gasteiger partial charge in [0.25, 0.3) is 0 Å². The molecule has 134 valence electrons. The molecule has 1 fully saturated rings. The summed E-state index contributed by atoms with van der Waals surface area (Å²) in [6.07, 6.45) is -1.63. The van der Waals surface area contributed by atoms with Gasteiger partial charge >= 0.3 is 6.18 Å². The van der Waals surface area contributed by atoms with E-state index in [4.69, 9.17) is 5.73 Å². The fraction of sp³-hybridized carbons (Fsp3) is 0.588. The predicted octanol–water partition coefficient (Wildman–Crippen LogP) is 2.18. The van der Waals surface area contributed by atoms with E-state index in [1.54, 1.807) is 6.07 Å². The van der Waals surface area contributed by atoms with Gasteiger partial charge in [0.2, 0.25) is 5.91 Å². The first kappa shape index (κ1) is 18.7. The summed E-state index contributed by atoms with van der Waals surface area (Å²) in [7, 11) is 1.98. The third-order valence-corrected chi connectivity index (χ3v) is 4.67. The zero-order valence-electron chi connectivity index (χ0n) is 13.8. The molecule has 4 nitrogen and oxygen atoms in total. The first-order chi connectivity index (χ1) is 11.3. The summed E-state index contributed by atoms with van der Waals surface area (Å²) >= 11 is 0. The van der Waals surface area contributed by atoms with Gasteiger partial charge in [-0.3, -0.25) is 9.69 Å². The number of benzene rings is 1. The second kappa shape index (κ2) is 7.98. The van der Waals surface area contributed by atoms with Crippen LogP contribution in [0.2, 0.25) is 0 Å². The van der Waals surface area contributed by atoms with Crippen LogP contribution in [0.15, 0.2) is 24.3 Å². The first-order valence-corrected chi connectivity index (χ1v) is 8.16. The van der Waals surface area contributed by atoms with Crippen LogP contribution in [0.4, 0.5) is 13.2 Å². The lowest BCUT2D eigenvalue weighted by atomic mass is 10.1. The van der Waals surface area contributed by atoms with Crippen LogP contribution >= 0.6 is 0 Å². The molecule has 0 unspecified atom stereocenters. The van der Waals surface area contributed by atoms with Gasteiger partial charge in [0.15, 0.2) is 0 Å². The van der Waals surface area contributed by atoms with Gasteiger partial charge in [-0.15, -0.1) is 0 Å². The standard InChI is InChI=1S/C17H24F3N3O/c1-23-14(5-6-15(23)11-21)10-16(24)22-8-7-12-3-2-4-13(9-12)17(18,19)20/h2-4,9,14-15H,5-8,10-11,21H2,1H3,(H,22,24)/t14-,15+/m0/s1. The summed E-state index contributed by atoms with van der Waals surface area (Å²) in [5, 5.41) is 2.79. The predicted molar refractivity (Wildman–Crippen MR) is 86.4 cm³/mol. The Morgan fingerprint density at radius 3 is 2.67 bits per heavy atom. The summed E-state index contributed by atoms with van der Waals surface area (Å²) in [5.74, 6) is -0.0727. The van der Waals surface area contributed by atoms with Crippen molar-refractivity contribution in [2.24, 2.45) is 5.73 Å². The molecule has 1 amide bonds. The number of nitrogens with two attached hydrogens (primary N) is 1. The quantitative estimate of drug-likeness (QED) is 0.832. The van der Waals surface area contributed by atoms with Gasteiger partial charge in [0, 0.05) is 31.6 Å². The number of amides is 1. The van der Waals surface area contributed by atoms with Crippen LogP contribution in [0.3, 0.4) is 0 Å². The minimum Gasteiger partial charge on any atom is -0.356 e. The molecular weight excluding hydrogens is 319 g/mol. The molecule has 1 aromatic rings. The lowest BCUT2D eigenvalue weighted by Gasteiger charge is -2.24.